The molecule has 1 nitrogen and oxygen atoms in total. The molecule has 0 fully saturated rings. The molecule has 1 N–H and O–H groups in total. The van der Waals surface area contributed by atoms with Crippen LogP contribution in [0.5, 0.6) is 5.75 Å². The first-order valence-electron chi connectivity index (χ1n) is 2.56. The first-order chi connectivity index (χ1) is 5.04. The van der Waals surface area contributed by atoms with Crippen LogP contribution in [0.15, 0.2) is 6.07 Å². The Morgan fingerprint density at radius 2 is 1.64 bits per heavy atom. The number of phenols is 1. The highest BCUT2D eigenvalue weighted by molar-refractivity contribution is 14.1. The lowest BCUT2D eigenvalue weighted by molar-refractivity contribution is 0.384. The van der Waals surface area contributed by atoms with Gasteiger partial charge in [-0.3, -0.25) is 0 Å². The van der Waals surface area contributed by atoms with Crippen molar-refractivity contribution < 1.29 is 18.3 Å². The molecule has 0 aliphatic heterocycles. The van der Waals surface area contributed by atoms with Gasteiger partial charge in [0.15, 0.2) is 17.4 Å². The monoisotopic (exact) mass is 274 g/mol. The fourth-order valence-electron chi connectivity index (χ4n) is 0.560. The number of hydrogen-bond donors (Lipinski definition) is 1. The highest BCUT2D eigenvalue weighted by Crippen LogP contribution is 2.24. The summed E-state index contributed by atoms with van der Waals surface area (Å²) in [6.45, 7) is 0. The maximum absolute atomic E-state index is 12.4. The molecule has 11 heavy (non-hydrogen) atoms. The molecule has 0 aliphatic carbocycles. The maximum Gasteiger partial charge on any atom is 0.203 e. The summed E-state index contributed by atoms with van der Waals surface area (Å²) >= 11 is 1.45. The molecular formula is C6H2F3IO. The minimum atomic E-state index is -1.64. The molecule has 0 aliphatic rings. The van der Waals surface area contributed by atoms with Crippen LogP contribution in [-0.2, 0) is 0 Å². The quantitative estimate of drug-likeness (QED) is 0.437. The van der Waals surface area contributed by atoms with Gasteiger partial charge in [0.1, 0.15) is 0 Å². The zero-order chi connectivity index (χ0) is 8.59. The van der Waals surface area contributed by atoms with E-state index in [-0.39, 0.29) is 3.57 Å². The van der Waals surface area contributed by atoms with E-state index in [1.165, 1.54) is 22.6 Å². The Morgan fingerprint density at radius 3 is 2.18 bits per heavy atom. The van der Waals surface area contributed by atoms with Gasteiger partial charge in [0.05, 0.1) is 3.57 Å². The lowest BCUT2D eigenvalue weighted by atomic mass is 10.3. The van der Waals surface area contributed by atoms with Gasteiger partial charge < -0.3 is 5.11 Å². The normalized spacial score (nSPS) is 10.2. The first kappa shape index (κ1) is 8.63. The summed E-state index contributed by atoms with van der Waals surface area (Å²) in [4.78, 5) is 0. The zero-order valence-corrected chi connectivity index (χ0v) is 7.19. The third kappa shape index (κ3) is 1.42. The van der Waals surface area contributed by atoms with Crippen molar-refractivity contribution in [3.8, 4) is 5.75 Å². The van der Waals surface area contributed by atoms with E-state index in [1.54, 1.807) is 0 Å². The van der Waals surface area contributed by atoms with Crippen LogP contribution in [0.4, 0.5) is 13.2 Å². The van der Waals surface area contributed by atoms with Crippen molar-refractivity contribution in [2.75, 3.05) is 0 Å². The van der Waals surface area contributed by atoms with Crippen molar-refractivity contribution in [1.29, 1.82) is 0 Å². The number of phenolic OH excluding ortho intramolecular Hbond substituents is 1. The van der Waals surface area contributed by atoms with Gasteiger partial charge in [0.25, 0.3) is 0 Å². The molecular weight excluding hydrogens is 272 g/mol. The summed E-state index contributed by atoms with van der Waals surface area (Å²) in [5.74, 6) is -5.36. The van der Waals surface area contributed by atoms with Crippen LogP contribution >= 0.6 is 22.6 Å². The molecule has 0 bridgehead atoms. The Hall–Kier alpha value is -0.460. The van der Waals surface area contributed by atoms with E-state index < -0.39 is 23.2 Å². The van der Waals surface area contributed by atoms with Crippen LogP contribution in [0.3, 0.4) is 0 Å². The summed E-state index contributed by atoms with van der Waals surface area (Å²) in [5, 5.41) is 8.62. The lowest BCUT2D eigenvalue weighted by Crippen LogP contribution is -1.93. The molecule has 0 atom stereocenters. The SMILES string of the molecule is Oc1cc(I)c(F)c(F)c1F. The minimum Gasteiger partial charge on any atom is -0.505 e. The average molecular weight is 274 g/mol. The van der Waals surface area contributed by atoms with Gasteiger partial charge in [-0.15, -0.1) is 0 Å². The van der Waals surface area contributed by atoms with Crippen LogP contribution < -0.4 is 0 Å². The summed E-state index contributed by atoms with van der Waals surface area (Å²) in [6, 6.07) is 0.814. The number of halogens is 4. The molecule has 1 aromatic rings. The molecule has 0 saturated carbocycles. The molecule has 60 valence electrons. The first-order valence-corrected chi connectivity index (χ1v) is 3.64. The molecule has 0 radical (unpaired) electrons. The zero-order valence-electron chi connectivity index (χ0n) is 5.04. The summed E-state index contributed by atoms with van der Waals surface area (Å²) in [5.41, 5.74) is 0. The van der Waals surface area contributed by atoms with Crippen LogP contribution in [0.25, 0.3) is 0 Å². The van der Waals surface area contributed by atoms with E-state index >= 15 is 0 Å². The van der Waals surface area contributed by atoms with Gasteiger partial charge in [-0.25, -0.2) is 8.78 Å². The van der Waals surface area contributed by atoms with Gasteiger partial charge in [-0.05, 0) is 28.7 Å². The van der Waals surface area contributed by atoms with Crippen LogP contribution in [0.2, 0.25) is 0 Å². The molecule has 0 aromatic heterocycles. The van der Waals surface area contributed by atoms with E-state index in [9.17, 15) is 13.2 Å². The van der Waals surface area contributed by atoms with Crippen LogP contribution in [0, 0.1) is 21.0 Å². The third-order valence-corrected chi connectivity index (χ3v) is 1.87. The van der Waals surface area contributed by atoms with E-state index in [2.05, 4.69) is 0 Å². The summed E-state index contributed by atoms with van der Waals surface area (Å²) in [7, 11) is 0. The smallest absolute Gasteiger partial charge is 0.203 e. The predicted octanol–water partition coefficient (Wildman–Crippen LogP) is 2.41. The van der Waals surface area contributed by atoms with Gasteiger partial charge in [-0.2, -0.15) is 4.39 Å². The van der Waals surface area contributed by atoms with Gasteiger partial charge in [-0.1, -0.05) is 0 Å². The Labute approximate surface area is 74.0 Å². The van der Waals surface area contributed by atoms with Crippen molar-refractivity contribution in [3.63, 3.8) is 0 Å². The Kier molecular flexibility index (Phi) is 2.26. The van der Waals surface area contributed by atoms with E-state index in [1.807, 2.05) is 0 Å². The maximum atomic E-state index is 12.4. The second kappa shape index (κ2) is 2.88. The van der Waals surface area contributed by atoms with Crippen molar-refractivity contribution in [2.45, 2.75) is 0 Å². The van der Waals surface area contributed by atoms with Gasteiger partial charge in [0, 0.05) is 0 Å². The third-order valence-electron chi connectivity index (χ3n) is 1.08. The minimum absolute atomic E-state index is 0.154. The lowest BCUT2D eigenvalue weighted by Gasteiger charge is -1.99. The Balaban J connectivity index is 3.46. The van der Waals surface area contributed by atoms with Crippen molar-refractivity contribution >= 4 is 22.6 Å². The summed E-state index contributed by atoms with van der Waals surface area (Å²) < 4.78 is 36.9. The Morgan fingerprint density at radius 1 is 1.09 bits per heavy atom. The number of benzene rings is 1. The molecule has 0 saturated heterocycles. The van der Waals surface area contributed by atoms with E-state index in [0.717, 1.165) is 6.07 Å². The number of aromatic hydroxyl groups is 1. The van der Waals surface area contributed by atoms with Crippen molar-refractivity contribution in [1.82, 2.24) is 0 Å². The highest BCUT2D eigenvalue weighted by Gasteiger charge is 2.16. The largest absolute Gasteiger partial charge is 0.505 e. The Bertz CT molecular complexity index is 274. The van der Waals surface area contributed by atoms with Gasteiger partial charge >= 0.3 is 0 Å². The predicted molar refractivity (Wildman–Crippen MR) is 40.7 cm³/mol. The van der Waals surface area contributed by atoms with Gasteiger partial charge in [0.2, 0.25) is 5.82 Å². The molecule has 0 heterocycles. The average Bonchev–Trinajstić information content (AvgIpc) is 1.97. The molecule has 5 heteroatoms. The van der Waals surface area contributed by atoms with E-state index in [4.69, 9.17) is 5.11 Å². The van der Waals surface area contributed by atoms with Crippen LogP contribution in [-0.4, -0.2) is 5.11 Å². The number of rotatable bonds is 0. The van der Waals surface area contributed by atoms with Crippen LogP contribution in [0.1, 0.15) is 0 Å². The highest BCUT2D eigenvalue weighted by atomic mass is 127. The second-order valence-corrected chi connectivity index (χ2v) is 2.98. The van der Waals surface area contributed by atoms with Crippen molar-refractivity contribution in [3.05, 3.63) is 27.1 Å². The molecule has 0 amide bonds. The number of hydrogen-bond acceptors (Lipinski definition) is 1. The topological polar surface area (TPSA) is 20.2 Å². The second-order valence-electron chi connectivity index (χ2n) is 1.82. The molecule has 1 aromatic carbocycles. The van der Waals surface area contributed by atoms with E-state index in [0.29, 0.717) is 0 Å². The fraction of sp³-hybridized carbons (Fsp3) is 0. The summed E-state index contributed by atoms with van der Waals surface area (Å²) in [6.07, 6.45) is 0. The molecule has 1 rings (SSSR count). The fourth-order valence-corrected chi connectivity index (χ4v) is 1.09. The molecule has 0 spiro atoms. The van der Waals surface area contributed by atoms with Crippen molar-refractivity contribution in [2.24, 2.45) is 0 Å². The standard InChI is InChI=1S/C6H2F3IO/c7-4-2(10)1-3(11)5(8)6(4)9/h1,11H. The molecule has 0 unspecified atom stereocenters.